The predicted molar refractivity (Wildman–Crippen MR) is 82.1 cm³/mol. The average Bonchev–Trinajstić information content (AvgIpc) is 2.97. The highest BCUT2D eigenvalue weighted by atomic mass is 32.1. The fraction of sp³-hybridized carbons (Fsp3) is 0.312. The number of hydrogen-bond acceptors (Lipinski definition) is 3. The van der Waals surface area contributed by atoms with Gasteiger partial charge >= 0.3 is 0 Å². The molecule has 0 fully saturated rings. The van der Waals surface area contributed by atoms with E-state index < -0.39 is 6.10 Å². The molecule has 1 unspecified atom stereocenters. The van der Waals surface area contributed by atoms with E-state index in [2.05, 4.69) is 5.32 Å². The number of aryl methyl sites for hydroxylation is 1. The number of nitrogens with one attached hydrogen (secondary N) is 1. The Bertz CT molecular complexity index is 534. The Kier molecular flexibility index (Phi) is 5.18. The number of amides is 1. The molecule has 1 atom stereocenters. The molecule has 2 aromatic rings. The second kappa shape index (κ2) is 7.10. The van der Waals surface area contributed by atoms with Crippen LogP contribution in [-0.2, 0) is 11.3 Å². The molecule has 0 aliphatic carbocycles. The third-order valence-corrected chi connectivity index (χ3v) is 3.86. The van der Waals surface area contributed by atoms with Crippen LogP contribution in [-0.4, -0.2) is 12.0 Å². The molecular formula is C16H19NO2S. The van der Waals surface area contributed by atoms with Gasteiger partial charge in [0.15, 0.2) is 6.10 Å². The highest BCUT2D eigenvalue weighted by Gasteiger charge is 2.17. The highest BCUT2D eigenvalue weighted by molar-refractivity contribution is 7.09. The van der Waals surface area contributed by atoms with E-state index in [0.29, 0.717) is 13.0 Å². The predicted octanol–water partition coefficient (Wildman–Crippen LogP) is 3.53. The van der Waals surface area contributed by atoms with E-state index in [4.69, 9.17) is 4.74 Å². The quantitative estimate of drug-likeness (QED) is 0.883. The summed E-state index contributed by atoms with van der Waals surface area (Å²) in [6.07, 6.45) is 0.196. The lowest BCUT2D eigenvalue weighted by atomic mass is 10.2. The second-order valence-electron chi connectivity index (χ2n) is 4.62. The van der Waals surface area contributed by atoms with Gasteiger partial charge in [0.1, 0.15) is 5.75 Å². The van der Waals surface area contributed by atoms with Crippen molar-refractivity contribution in [3.63, 3.8) is 0 Å². The van der Waals surface area contributed by atoms with Crippen molar-refractivity contribution in [1.82, 2.24) is 5.32 Å². The minimum Gasteiger partial charge on any atom is -0.481 e. The molecule has 0 aliphatic heterocycles. The first kappa shape index (κ1) is 14.6. The summed E-state index contributed by atoms with van der Waals surface area (Å²) in [6.45, 7) is 4.53. The maximum atomic E-state index is 12.1. The Labute approximate surface area is 123 Å². The monoisotopic (exact) mass is 289 g/mol. The Balaban J connectivity index is 1.90. The van der Waals surface area contributed by atoms with Gasteiger partial charge in [-0.1, -0.05) is 30.7 Å². The number of hydrogen-bond donors (Lipinski definition) is 1. The minimum absolute atomic E-state index is 0.0681. The zero-order valence-electron chi connectivity index (χ0n) is 11.8. The molecule has 0 saturated carbocycles. The van der Waals surface area contributed by atoms with Crippen LogP contribution in [0.3, 0.4) is 0 Å². The Hall–Kier alpha value is -1.81. The van der Waals surface area contributed by atoms with Crippen LogP contribution < -0.4 is 10.1 Å². The minimum atomic E-state index is -0.447. The summed E-state index contributed by atoms with van der Waals surface area (Å²) in [5.41, 5.74) is 1.17. The number of thiophene rings is 1. The number of rotatable bonds is 6. The van der Waals surface area contributed by atoms with Crippen LogP contribution in [0.4, 0.5) is 0 Å². The van der Waals surface area contributed by atoms with Crippen molar-refractivity contribution in [2.24, 2.45) is 0 Å². The second-order valence-corrected chi connectivity index (χ2v) is 5.66. The van der Waals surface area contributed by atoms with Crippen LogP contribution in [0.2, 0.25) is 0 Å². The zero-order valence-corrected chi connectivity index (χ0v) is 12.6. The summed E-state index contributed by atoms with van der Waals surface area (Å²) >= 11 is 1.63. The van der Waals surface area contributed by atoms with Gasteiger partial charge in [0, 0.05) is 4.88 Å². The standard InChI is InChI=1S/C16H19NO2S/c1-3-15(19-13-8-6-12(2)7-9-13)16(18)17-11-14-5-4-10-20-14/h4-10,15H,3,11H2,1-2H3,(H,17,18). The molecule has 1 amide bonds. The lowest BCUT2D eigenvalue weighted by molar-refractivity contribution is -0.128. The molecule has 3 nitrogen and oxygen atoms in total. The maximum absolute atomic E-state index is 12.1. The SMILES string of the molecule is CCC(Oc1ccc(C)cc1)C(=O)NCc1cccs1. The summed E-state index contributed by atoms with van der Waals surface area (Å²) in [5.74, 6) is 0.662. The third-order valence-electron chi connectivity index (χ3n) is 2.98. The smallest absolute Gasteiger partial charge is 0.261 e. The number of carbonyl (C=O) groups is 1. The maximum Gasteiger partial charge on any atom is 0.261 e. The van der Waals surface area contributed by atoms with Crippen molar-refractivity contribution < 1.29 is 9.53 Å². The zero-order chi connectivity index (χ0) is 14.4. The first-order valence-corrected chi connectivity index (χ1v) is 7.60. The van der Waals surface area contributed by atoms with Crippen molar-refractivity contribution in [2.75, 3.05) is 0 Å². The van der Waals surface area contributed by atoms with E-state index in [1.165, 1.54) is 5.56 Å². The van der Waals surface area contributed by atoms with Gasteiger partial charge < -0.3 is 10.1 Å². The summed E-state index contributed by atoms with van der Waals surface area (Å²) in [4.78, 5) is 13.3. The Morgan fingerprint density at radius 1 is 1.30 bits per heavy atom. The normalized spacial score (nSPS) is 11.9. The van der Waals surface area contributed by atoms with Crippen molar-refractivity contribution >= 4 is 17.2 Å². The van der Waals surface area contributed by atoms with Crippen LogP contribution in [0.25, 0.3) is 0 Å². The van der Waals surface area contributed by atoms with Gasteiger partial charge in [-0.05, 0) is 36.9 Å². The summed E-state index contributed by atoms with van der Waals surface area (Å²) in [5, 5.41) is 4.92. The molecule has 0 saturated heterocycles. The average molecular weight is 289 g/mol. The molecule has 0 radical (unpaired) electrons. The Morgan fingerprint density at radius 3 is 2.65 bits per heavy atom. The van der Waals surface area contributed by atoms with Gasteiger partial charge in [0.05, 0.1) is 6.54 Å². The number of ether oxygens (including phenoxy) is 1. The molecule has 20 heavy (non-hydrogen) atoms. The lowest BCUT2D eigenvalue weighted by Gasteiger charge is -2.17. The van der Waals surface area contributed by atoms with E-state index in [9.17, 15) is 4.79 Å². The molecule has 2 rings (SSSR count). The summed E-state index contributed by atoms with van der Waals surface area (Å²) in [7, 11) is 0. The van der Waals surface area contributed by atoms with E-state index >= 15 is 0 Å². The molecule has 1 aromatic carbocycles. The lowest BCUT2D eigenvalue weighted by Crippen LogP contribution is -2.37. The molecule has 1 aromatic heterocycles. The van der Waals surface area contributed by atoms with Gasteiger partial charge in [0.2, 0.25) is 0 Å². The molecule has 0 aliphatic rings. The third kappa shape index (κ3) is 4.10. The first-order valence-electron chi connectivity index (χ1n) is 6.72. The van der Waals surface area contributed by atoms with Crippen molar-refractivity contribution in [3.8, 4) is 5.75 Å². The summed E-state index contributed by atoms with van der Waals surface area (Å²) in [6, 6.07) is 11.7. The van der Waals surface area contributed by atoms with Crippen LogP contribution in [0.1, 0.15) is 23.8 Å². The van der Waals surface area contributed by atoms with E-state index in [0.717, 1.165) is 10.6 Å². The molecule has 106 valence electrons. The van der Waals surface area contributed by atoms with E-state index in [1.54, 1.807) is 11.3 Å². The van der Waals surface area contributed by atoms with Crippen LogP contribution in [0, 0.1) is 6.92 Å². The molecular weight excluding hydrogens is 270 g/mol. The van der Waals surface area contributed by atoms with Gasteiger partial charge in [-0.2, -0.15) is 0 Å². The fourth-order valence-corrected chi connectivity index (χ4v) is 2.45. The number of carbonyl (C=O) groups excluding carboxylic acids is 1. The van der Waals surface area contributed by atoms with E-state index in [1.807, 2.05) is 55.6 Å². The van der Waals surface area contributed by atoms with Crippen LogP contribution in [0.15, 0.2) is 41.8 Å². The molecule has 1 heterocycles. The van der Waals surface area contributed by atoms with Gasteiger partial charge in [-0.3, -0.25) is 4.79 Å². The summed E-state index contributed by atoms with van der Waals surface area (Å²) < 4.78 is 5.74. The van der Waals surface area contributed by atoms with Crippen molar-refractivity contribution in [2.45, 2.75) is 32.9 Å². The van der Waals surface area contributed by atoms with Crippen molar-refractivity contribution in [3.05, 3.63) is 52.2 Å². The Morgan fingerprint density at radius 2 is 2.05 bits per heavy atom. The van der Waals surface area contributed by atoms with Gasteiger partial charge in [0.25, 0.3) is 5.91 Å². The van der Waals surface area contributed by atoms with Gasteiger partial charge in [-0.25, -0.2) is 0 Å². The molecule has 1 N–H and O–H groups in total. The largest absolute Gasteiger partial charge is 0.481 e. The number of benzene rings is 1. The topological polar surface area (TPSA) is 38.3 Å². The van der Waals surface area contributed by atoms with Crippen LogP contribution in [0.5, 0.6) is 5.75 Å². The first-order chi connectivity index (χ1) is 9.69. The fourth-order valence-electron chi connectivity index (χ4n) is 1.80. The molecule has 0 bridgehead atoms. The molecule has 0 spiro atoms. The molecule has 4 heteroatoms. The van der Waals surface area contributed by atoms with Crippen molar-refractivity contribution in [1.29, 1.82) is 0 Å². The van der Waals surface area contributed by atoms with Gasteiger partial charge in [-0.15, -0.1) is 11.3 Å². The highest BCUT2D eigenvalue weighted by Crippen LogP contribution is 2.15. The van der Waals surface area contributed by atoms with Crippen LogP contribution >= 0.6 is 11.3 Å². The van der Waals surface area contributed by atoms with E-state index in [-0.39, 0.29) is 5.91 Å².